The molecule has 1 aliphatic rings. The molecular weight excluding hydrogens is 226 g/mol. The van der Waals surface area contributed by atoms with Crippen LogP contribution < -0.4 is 5.32 Å². The standard InChI is InChI=1S/C15H23NS/c1-3-12-4-6-13(7-5-12)11-16-14-8-9-15(10-14)17-2/h4-7,14-16H,3,8-11H2,1-2H3. The molecule has 1 aromatic carbocycles. The Labute approximate surface area is 109 Å². The van der Waals surface area contributed by atoms with Crippen LogP contribution >= 0.6 is 11.8 Å². The molecule has 0 bridgehead atoms. The number of hydrogen-bond donors (Lipinski definition) is 1. The van der Waals surface area contributed by atoms with E-state index in [2.05, 4.69) is 42.8 Å². The Hall–Kier alpha value is -0.470. The van der Waals surface area contributed by atoms with Crippen LogP contribution in [0.3, 0.4) is 0 Å². The largest absolute Gasteiger partial charge is 0.310 e. The molecule has 94 valence electrons. The van der Waals surface area contributed by atoms with Gasteiger partial charge in [0.05, 0.1) is 0 Å². The van der Waals surface area contributed by atoms with Crippen molar-refractivity contribution in [2.75, 3.05) is 6.26 Å². The summed E-state index contributed by atoms with van der Waals surface area (Å²) in [7, 11) is 0. The summed E-state index contributed by atoms with van der Waals surface area (Å²) in [6, 6.07) is 9.74. The fourth-order valence-electron chi connectivity index (χ4n) is 2.49. The van der Waals surface area contributed by atoms with Gasteiger partial charge >= 0.3 is 0 Å². The lowest BCUT2D eigenvalue weighted by Gasteiger charge is -2.12. The quantitative estimate of drug-likeness (QED) is 0.855. The zero-order valence-electron chi connectivity index (χ0n) is 10.9. The van der Waals surface area contributed by atoms with Gasteiger partial charge in [-0.25, -0.2) is 0 Å². The molecule has 0 aliphatic heterocycles. The Bertz CT molecular complexity index is 333. The van der Waals surface area contributed by atoms with Crippen molar-refractivity contribution in [3.8, 4) is 0 Å². The van der Waals surface area contributed by atoms with Crippen molar-refractivity contribution in [3.63, 3.8) is 0 Å². The Morgan fingerprint density at radius 1 is 1.18 bits per heavy atom. The molecule has 1 aromatic rings. The van der Waals surface area contributed by atoms with E-state index in [1.54, 1.807) is 0 Å². The van der Waals surface area contributed by atoms with Crippen LogP contribution in [0.2, 0.25) is 0 Å². The van der Waals surface area contributed by atoms with E-state index in [9.17, 15) is 0 Å². The van der Waals surface area contributed by atoms with Gasteiger partial charge in [0.1, 0.15) is 0 Å². The smallest absolute Gasteiger partial charge is 0.0208 e. The lowest BCUT2D eigenvalue weighted by Crippen LogP contribution is -2.26. The van der Waals surface area contributed by atoms with Crippen molar-refractivity contribution in [2.45, 2.75) is 50.4 Å². The van der Waals surface area contributed by atoms with E-state index < -0.39 is 0 Å². The number of hydrogen-bond acceptors (Lipinski definition) is 2. The molecule has 0 amide bonds. The molecule has 17 heavy (non-hydrogen) atoms. The van der Waals surface area contributed by atoms with E-state index in [-0.39, 0.29) is 0 Å². The molecule has 2 rings (SSSR count). The first kappa shape index (κ1) is 13.0. The highest BCUT2D eigenvalue weighted by atomic mass is 32.2. The summed E-state index contributed by atoms with van der Waals surface area (Å²) in [5, 5.41) is 4.57. The Morgan fingerprint density at radius 2 is 1.88 bits per heavy atom. The maximum absolute atomic E-state index is 3.69. The molecule has 2 atom stereocenters. The van der Waals surface area contributed by atoms with Crippen LogP contribution in [0.5, 0.6) is 0 Å². The average molecular weight is 249 g/mol. The normalized spacial score (nSPS) is 24.1. The molecule has 1 N–H and O–H groups in total. The number of aryl methyl sites for hydroxylation is 1. The van der Waals surface area contributed by atoms with Crippen molar-refractivity contribution in [1.82, 2.24) is 5.32 Å². The van der Waals surface area contributed by atoms with Crippen LogP contribution in [0.15, 0.2) is 24.3 Å². The molecule has 0 aromatic heterocycles. The van der Waals surface area contributed by atoms with E-state index in [0.717, 1.165) is 24.3 Å². The van der Waals surface area contributed by atoms with Crippen LogP contribution in [0.4, 0.5) is 0 Å². The molecular formula is C15H23NS. The molecule has 1 saturated carbocycles. The molecule has 0 spiro atoms. The maximum atomic E-state index is 3.69. The zero-order chi connectivity index (χ0) is 12.1. The predicted octanol–water partition coefficient (Wildman–Crippen LogP) is 3.62. The highest BCUT2D eigenvalue weighted by Gasteiger charge is 2.22. The SMILES string of the molecule is CCc1ccc(CNC2CCC(SC)C2)cc1. The van der Waals surface area contributed by atoms with Gasteiger partial charge in [-0.2, -0.15) is 11.8 Å². The highest BCUT2D eigenvalue weighted by molar-refractivity contribution is 7.99. The van der Waals surface area contributed by atoms with E-state index >= 15 is 0 Å². The van der Waals surface area contributed by atoms with E-state index in [1.807, 2.05) is 11.8 Å². The van der Waals surface area contributed by atoms with E-state index in [4.69, 9.17) is 0 Å². The molecule has 0 saturated heterocycles. The first-order valence-electron chi connectivity index (χ1n) is 6.65. The Balaban J connectivity index is 1.78. The topological polar surface area (TPSA) is 12.0 Å². The lowest BCUT2D eigenvalue weighted by atomic mass is 10.1. The van der Waals surface area contributed by atoms with Gasteiger partial charge in [0.25, 0.3) is 0 Å². The van der Waals surface area contributed by atoms with Gasteiger partial charge in [-0.1, -0.05) is 31.2 Å². The van der Waals surface area contributed by atoms with Gasteiger partial charge in [-0.15, -0.1) is 0 Å². The molecule has 1 aliphatic carbocycles. The Kier molecular flexibility index (Phi) is 4.93. The summed E-state index contributed by atoms with van der Waals surface area (Å²) in [4.78, 5) is 0. The van der Waals surface area contributed by atoms with Crippen LogP contribution in [-0.2, 0) is 13.0 Å². The Morgan fingerprint density at radius 3 is 2.47 bits per heavy atom. The highest BCUT2D eigenvalue weighted by Crippen LogP contribution is 2.28. The van der Waals surface area contributed by atoms with Gasteiger partial charge in [-0.05, 0) is 43.1 Å². The first-order valence-corrected chi connectivity index (χ1v) is 7.94. The second-order valence-electron chi connectivity index (χ2n) is 4.92. The summed E-state index contributed by atoms with van der Waals surface area (Å²) in [5.41, 5.74) is 2.84. The van der Waals surface area contributed by atoms with Gasteiger partial charge in [0, 0.05) is 17.8 Å². The number of nitrogens with one attached hydrogen (secondary N) is 1. The third-order valence-corrected chi connectivity index (χ3v) is 4.84. The fourth-order valence-corrected chi connectivity index (χ4v) is 3.29. The third-order valence-electron chi connectivity index (χ3n) is 3.74. The fraction of sp³-hybridized carbons (Fsp3) is 0.600. The summed E-state index contributed by atoms with van der Waals surface area (Å²) in [6.45, 7) is 3.23. The maximum Gasteiger partial charge on any atom is 0.0208 e. The first-order chi connectivity index (χ1) is 8.31. The van der Waals surface area contributed by atoms with Crippen molar-refractivity contribution in [1.29, 1.82) is 0 Å². The van der Waals surface area contributed by atoms with Crippen LogP contribution in [0.1, 0.15) is 37.3 Å². The van der Waals surface area contributed by atoms with Gasteiger partial charge in [0.15, 0.2) is 0 Å². The predicted molar refractivity (Wildman–Crippen MR) is 77.6 cm³/mol. The summed E-state index contributed by atoms with van der Waals surface area (Å²) >= 11 is 2.02. The van der Waals surface area contributed by atoms with Gasteiger partial charge in [-0.3, -0.25) is 0 Å². The molecule has 2 unspecified atom stereocenters. The minimum atomic E-state index is 0.735. The second kappa shape index (κ2) is 6.46. The molecule has 0 heterocycles. The lowest BCUT2D eigenvalue weighted by molar-refractivity contribution is 0.525. The average Bonchev–Trinajstić information content (AvgIpc) is 2.85. The monoisotopic (exact) mass is 249 g/mol. The number of benzene rings is 1. The summed E-state index contributed by atoms with van der Waals surface area (Å²) in [6.07, 6.45) is 7.43. The van der Waals surface area contributed by atoms with E-state index in [1.165, 1.54) is 30.4 Å². The van der Waals surface area contributed by atoms with Crippen molar-refractivity contribution >= 4 is 11.8 Å². The minimum Gasteiger partial charge on any atom is -0.310 e. The van der Waals surface area contributed by atoms with Crippen LogP contribution in [0.25, 0.3) is 0 Å². The molecule has 1 fully saturated rings. The number of rotatable bonds is 5. The minimum absolute atomic E-state index is 0.735. The van der Waals surface area contributed by atoms with Crippen LogP contribution in [0, 0.1) is 0 Å². The van der Waals surface area contributed by atoms with Crippen molar-refractivity contribution < 1.29 is 0 Å². The number of thioether (sulfide) groups is 1. The van der Waals surface area contributed by atoms with Gasteiger partial charge < -0.3 is 5.32 Å². The molecule has 0 radical (unpaired) electrons. The van der Waals surface area contributed by atoms with Gasteiger partial charge in [0.2, 0.25) is 0 Å². The van der Waals surface area contributed by atoms with E-state index in [0.29, 0.717) is 0 Å². The summed E-state index contributed by atoms with van der Waals surface area (Å²) in [5.74, 6) is 0. The van der Waals surface area contributed by atoms with Crippen molar-refractivity contribution in [3.05, 3.63) is 35.4 Å². The van der Waals surface area contributed by atoms with Crippen molar-refractivity contribution in [2.24, 2.45) is 0 Å². The van der Waals surface area contributed by atoms with Crippen LogP contribution in [-0.4, -0.2) is 17.5 Å². The third kappa shape index (κ3) is 3.75. The second-order valence-corrected chi connectivity index (χ2v) is 6.06. The zero-order valence-corrected chi connectivity index (χ0v) is 11.7. The molecule has 2 heteroatoms. The molecule has 1 nitrogen and oxygen atoms in total. The summed E-state index contributed by atoms with van der Waals surface area (Å²) < 4.78 is 0.